The van der Waals surface area contributed by atoms with E-state index in [1.165, 1.54) is 295 Å². The van der Waals surface area contributed by atoms with E-state index < -0.39 is 12.1 Å². The van der Waals surface area contributed by atoms with Gasteiger partial charge in [0.25, 0.3) is 0 Å². The zero-order valence-electron chi connectivity index (χ0n) is 50.5. The molecule has 0 aromatic heterocycles. The summed E-state index contributed by atoms with van der Waals surface area (Å²) in [7, 11) is 0. The van der Waals surface area contributed by atoms with Gasteiger partial charge >= 0.3 is 5.97 Å². The van der Waals surface area contributed by atoms with E-state index in [9.17, 15) is 19.8 Å². The lowest BCUT2D eigenvalue weighted by Gasteiger charge is -2.20. The third kappa shape index (κ3) is 61.2. The summed E-state index contributed by atoms with van der Waals surface area (Å²) in [5.74, 6) is -0.0636. The van der Waals surface area contributed by atoms with Crippen LogP contribution in [0.4, 0.5) is 0 Å². The average molecular weight is 1050 g/mol. The van der Waals surface area contributed by atoms with Crippen LogP contribution in [0.25, 0.3) is 0 Å². The second-order valence-corrected chi connectivity index (χ2v) is 23.1. The van der Waals surface area contributed by atoms with Gasteiger partial charge in [0.05, 0.1) is 25.4 Å². The molecule has 2 atom stereocenters. The summed E-state index contributed by atoms with van der Waals surface area (Å²) in [5.41, 5.74) is 0. The second kappa shape index (κ2) is 64.6. The van der Waals surface area contributed by atoms with Crippen molar-refractivity contribution >= 4 is 11.9 Å². The van der Waals surface area contributed by atoms with E-state index in [2.05, 4.69) is 43.5 Å². The average Bonchev–Trinajstić information content (AvgIpc) is 3.41. The van der Waals surface area contributed by atoms with Crippen LogP contribution in [-0.4, -0.2) is 47.4 Å². The van der Waals surface area contributed by atoms with Crippen LogP contribution in [-0.2, 0) is 14.3 Å². The van der Waals surface area contributed by atoms with Crippen molar-refractivity contribution in [3.63, 3.8) is 0 Å². The standard InChI is InChI=1S/C69H131NO5/c1-3-5-7-9-11-13-15-17-19-20-28-31-34-37-41-45-49-53-57-61-67(72)66(65-71)70-68(73)62-58-54-50-46-42-38-35-32-29-26-24-22-21-23-25-27-30-33-36-40-44-48-52-56-60-64-75-69(74)63-59-55-51-47-43-39-18-16-14-12-10-8-6-4-2/h16,18,22,24,57,61,66-67,71-72H,3-15,17,19-21,23,25-56,58-60,62-65H2,1-2H3,(H,70,73)/b18-16-,24-22-,61-57+. The molecule has 0 bridgehead atoms. The number of carbonyl (C=O) groups is 2. The Balaban J connectivity index is 3.43. The Bertz CT molecular complexity index is 1210. The van der Waals surface area contributed by atoms with Gasteiger partial charge in [-0.15, -0.1) is 0 Å². The Labute approximate surface area is 468 Å². The smallest absolute Gasteiger partial charge is 0.305 e. The number of carbonyl (C=O) groups excluding carboxylic acids is 2. The number of aliphatic hydroxyl groups is 2. The van der Waals surface area contributed by atoms with Crippen LogP contribution in [0.3, 0.4) is 0 Å². The van der Waals surface area contributed by atoms with E-state index in [0.29, 0.717) is 19.4 Å². The SMILES string of the molecule is CCCCCCC/C=C\CCCCCCCC(=O)OCCCCCCCCCCCCCC/C=C\CCCCCCCCCCCC(=O)NC(CO)C(O)/C=C/CCCCCCCCCCCCCCCCCCC. The maximum Gasteiger partial charge on any atom is 0.305 e. The zero-order chi connectivity index (χ0) is 54.3. The summed E-state index contributed by atoms with van der Waals surface area (Å²) in [6, 6.07) is -0.631. The fourth-order valence-electron chi connectivity index (χ4n) is 10.4. The van der Waals surface area contributed by atoms with Gasteiger partial charge in [-0.25, -0.2) is 0 Å². The molecule has 0 saturated carbocycles. The van der Waals surface area contributed by atoms with Gasteiger partial charge < -0.3 is 20.3 Å². The van der Waals surface area contributed by atoms with Crippen molar-refractivity contribution < 1.29 is 24.5 Å². The molecule has 0 saturated heterocycles. The summed E-state index contributed by atoms with van der Waals surface area (Å²) in [5, 5.41) is 23.2. The molecule has 0 radical (unpaired) electrons. The van der Waals surface area contributed by atoms with Crippen LogP contribution in [0, 0.1) is 0 Å². The fraction of sp³-hybridized carbons (Fsp3) is 0.884. The molecule has 6 heteroatoms. The van der Waals surface area contributed by atoms with Gasteiger partial charge in [0.2, 0.25) is 5.91 Å². The Kier molecular flexibility index (Phi) is 63.0. The van der Waals surface area contributed by atoms with E-state index >= 15 is 0 Å². The van der Waals surface area contributed by atoms with Crippen molar-refractivity contribution in [2.24, 2.45) is 0 Å². The molecule has 0 aliphatic rings. The molecule has 0 aromatic carbocycles. The normalized spacial score (nSPS) is 12.7. The predicted octanol–water partition coefficient (Wildman–Crippen LogP) is 21.5. The van der Waals surface area contributed by atoms with Crippen molar-refractivity contribution in [1.29, 1.82) is 0 Å². The third-order valence-corrected chi connectivity index (χ3v) is 15.6. The molecule has 442 valence electrons. The molecule has 0 rings (SSSR count). The van der Waals surface area contributed by atoms with Crippen molar-refractivity contribution in [2.75, 3.05) is 13.2 Å². The van der Waals surface area contributed by atoms with Crippen LogP contribution >= 0.6 is 0 Å². The molecule has 6 nitrogen and oxygen atoms in total. The minimum Gasteiger partial charge on any atom is -0.466 e. The van der Waals surface area contributed by atoms with Crippen LogP contribution in [0.2, 0.25) is 0 Å². The summed E-state index contributed by atoms with van der Waals surface area (Å²) in [6.07, 6.45) is 82.0. The van der Waals surface area contributed by atoms with Crippen molar-refractivity contribution in [3.8, 4) is 0 Å². The lowest BCUT2D eigenvalue weighted by atomic mass is 10.0. The van der Waals surface area contributed by atoms with Gasteiger partial charge in [0, 0.05) is 12.8 Å². The first-order valence-corrected chi connectivity index (χ1v) is 33.8. The molecule has 0 aliphatic carbocycles. The molecule has 0 aliphatic heterocycles. The lowest BCUT2D eigenvalue weighted by Crippen LogP contribution is -2.45. The van der Waals surface area contributed by atoms with Gasteiger partial charge in [-0.2, -0.15) is 0 Å². The molecule has 0 fully saturated rings. The Morgan fingerprint density at radius 3 is 0.947 bits per heavy atom. The lowest BCUT2D eigenvalue weighted by molar-refractivity contribution is -0.143. The van der Waals surface area contributed by atoms with Crippen LogP contribution in [0.15, 0.2) is 36.5 Å². The first-order valence-electron chi connectivity index (χ1n) is 33.8. The van der Waals surface area contributed by atoms with E-state index in [0.717, 1.165) is 44.9 Å². The minimum atomic E-state index is -0.847. The molecule has 75 heavy (non-hydrogen) atoms. The number of unbranched alkanes of at least 4 members (excludes halogenated alkanes) is 48. The Hall–Kier alpha value is -1.92. The summed E-state index contributed by atoms with van der Waals surface area (Å²) < 4.78 is 5.48. The number of hydrogen-bond acceptors (Lipinski definition) is 5. The highest BCUT2D eigenvalue weighted by molar-refractivity contribution is 5.76. The van der Waals surface area contributed by atoms with E-state index in [1.807, 2.05) is 6.08 Å². The highest BCUT2D eigenvalue weighted by Crippen LogP contribution is 2.18. The van der Waals surface area contributed by atoms with Crippen molar-refractivity contribution in [1.82, 2.24) is 5.32 Å². The molecule has 1 amide bonds. The van der Waals surface area contributed by atoms with Crippen LogP contribution < -0.4 is 5.32 Å². The predicted molar refractivity (Wildman–Crippen MR) is 329 cm³/mol. The Morgan fingerprint density at radius 1 is 0.360 bits per heavy atom. The molecule has 3 N–H and O–H groups in total. The van der Waals surface area contributed by atoms with Gasteiger partial charge in [-0.05, 0) is 83.5 Å². The fourth-order valence-corrected chi connectivity index (χ4v) is 10.4. The maximum atomic E-state index is 12.5. The molecule has 2 unspecified atom stereocenters. The van der Waals surface area contributed by atoms with E-state index in [-0.39, 0.29) is 18.5 Å². The first-order chi connectivity index (χ1) is 37.0. The number of aliphatic hydroxyl groups excluding tert-OH is 2. The topological polar surface area (TPSA) is 95.9 Å². The maximum absolute atomic E-state index is 12.5. The number of ether oxygens (including phenoxy) is 1. The minimum absolute atomic E-state index is 0.00474. The number of amides is 1. The van der Waals surface area contributed by atoms with Crippen molar-refractivity contribution in [2.45, 2.75) is 379 Å². The number of nitrogens with one attached hydrogen (secondary N) is 1. The van der Waals surface area contributed by atoms with Crippen LogP contribution in [0.5, 0.6) is 0 Å². The molecule has 0 spiro atoms. The van der Waals surface area contributed by atoms with Gasteiger partial charge in [-0.1, -0.05) is 307 Å². The summed E-state index contributed by atoms with van der Waals surface area (Å²) >= 11 is 0. The van der Waals surface area contributed by atoms with Crippen LogP contribution in [0.1, 0.15) is 367 Å². The highest BCUT2D eigenvalue weighted by Gasteiger charge is 2.18. The largest absolute Gasteiger partial charge is 0.466 e. The van der Waals surface area contributed by atoms with Gasteiger partial charge in [0.15, 0.2) is 0 Å². The van der Waals surface area contributed by atoms with E-state index in [4.69, 9.17) is 4.74 Å². The van der Waals surface area contributed by atoms with E-state index in [1.54, 1.807) is 6.08 Å². The molecular weight excluding hydrogens is 923 g/mol. The zero-order valence-corrected chi connectivity index (χ0v) is 50.5. The second-order valence-electron chi connectivity index (χ2n) is 23.1. The Morgan fingerprint density at radius 2 is 0.627 bits per heavy atom. The molecule has 0 aromatic rings. The highest BCUT2D eigenvalue weighted by atomic mass is 16.5. The first kappa shape index (κ1) is 73.1. The number of allylic oxidation sites excluding steroid dienone is 5. The quantitative estimate of drug-likeness (QED) is 0.0320. The monoisotopic (exact) mass is 1050 g/mol. The number of hydrogen-bond donors (Lipinski definition) is 3. The number of rotatable bonds is 63. The van der Waals surface area contributed by atoms with Gasteiger partial charge in [0.1, 0.15) is 0 Å². The molecular formula is C69H131NO5. The third-order valence-electron chi connectivity index (χ3n) is 15.6. The molecule has 0 heterocycles. The summed E-state index contributed by atoms with van der Waals surface area (Å²) in [6.45, 7) is 4.92. The summed E-state index contributed by atoms with van der Waals surface area (Å²) in [4.78, 5) is 24.6. The number of esters is 1. The van der Waals surface area contributed by atoms with Crippen molar-refractivity contribution in [3.05, 3.63) is 36.5 Å². The van der Waals surface area contributed by atoms with Gasteiger partial charge in [-0.3, -0.25) is 9.59 Å².